The van der Waals surface area contributed by atoms with Crippen molar-refractivity contribution >= 4 is 39.1 Å². The summed E-state index contributed by atoms with van der Waals surface area (Å²) in [7, 11) is 0. The lowest BCUT2D eigenvalue weighted by Gasteiger charge is -2.31. The number of thiophene rings is 1. The van der Waals surface area contributed by atoms with Crippen molar-refractivity contribution in [3.63, 3.8) is 0 Å². The summed E-state index contributed by atoms with van der Waals surface area (Å²) in [5.74, 6) is 0.505. The number of halogens is 1. The number of benzene rings is 1. The van der Waals surface area contributed by atoms with Crippen LogP contribution in [0.25, 0.3) is 10.6 Å². The number of amides is 2. The van der Waals surface area contributed by atoms with E-state index in [0.29, 0.717) is 18.2 Å². The van der Waals surface area contributed by atoms with E-state index in [1.165, 1.54) is 0 Å². The molecule has 2 N–H and O–H groups in total. The van der Waals surface area contributed by atoms with Crippen LogP contribution in [0.4, 0.5) is 0 Å². The average Bonchev–Trinajstić information content (AvgIpc) is 3.49. The highest BCUT2D eigenvalue weighted by molar-refractivity contribution is 9.11. The molecule has 1 aromatic carbocycles. The number of aromatic amines is 1. The Hall–Kier alpha value is -2.45. The van der Waals surface area contributed by atoms with Crippen LogP contribution in [0, 0.1) is 5.92 Å². The molecule has 2 aromatic heterocycles. The Balaban J connectivity index is 1.12. The van der Waals surface area contributed by atoms with E-state index in [1.54, 1.807) is 17.4 Å². The van der Waals surface area contributed by atoms with Crippen LogP contribution in [0.2, 0.25) is 0 Å². The second-order valence-electron chi connectivity index (χ2n) is 8.30. The molecular formula is C23H23BrN4O2S. The van der Waals surface area contributed by atoms with Crippen molar-refractivity contribution in [1.29, 1.82) is 0 Å². The Bertz CT molecular complexity index is 1120. The van der Waals surface area contributed by atoms with Crippen LogP contribution in [0.1, 0.15) is 52.1 Å². The van der Waals surface area contributed by atoms with E-state index in [4.69, 9.17) is 0 Å². The molecule has 3 aromatic rings. The minimum Gasteiger partial charge on any atom is -0.348 e. The lowest BCUT2D eigenvalue weighted by Crippen LogP contribution is -2.40. The first-order valence-corrected chi connectivity index (χ1v) is 12.2. The molecule has 31 heavy (non-hydrogen) atoms. The molecular weight excluding hydrogens is 476 g/mol. The zero-order valence-corrected chi connectivity index (χ0v) is 19.3. The molecule has 0 bridgehead atoms. The van der Waals surface area contributed by atoms with Gasteiger partial charge in [-0.15, -0.1) is 11.3 Å². The smallest absolute Gasteiger partial charge is 0.272 e. The molecule has 0 spiro atoms. The van der Waals surface area contributed by atoms with Gasteiger partial charge < -0.3 is 10.2 Å². The van der Waals surface area contributed by atoms with Crippen LogP contribution < -0.4 is 5.32 Å². The van der Waals surface area contributed by atoms with E-state index < -0.39 is 0 Å². The van der Waals surface area contributed by atoms with Gasteiger partial charge in [0.15, 0.2) is 5.69 Å². The number of aromatic nitrogens is 2. The number of nitrogens with zero attached hydrogens (tertiary/aromatic N) is 2. The van der Waals surface area contributed by atoms with E-state index in [2.05, 4.69) is 31.4 Å². The third-order valence-electron chi connectivity index (χ3n) is 6.21. The molecule has 0 atom stereocenters. The fourth-order valence-corrected chi connectivity index (χ4v) is 5.90. The Kier molecular flexibility index (Phi) is 5.67. The fourth-order valence-electron chi connectivity index (χ4n) is 4.55. The van der Waals surface area contributed by atoms with E-state index >= 15 is 0 Å². The normalized spacial score (nSPS) is 20.7. The maximum atomic E-state index is 12.6. The van der Waals surface area contributed by atoms with Crippen LogP contribution in [0.5, 0.6) is 0 Å². The first-order chi connectivity index (χ1) is 15.1. The number of nitrogens with one attached hydrogen (secondary N) is 2. The molecule has 0 radical (unpaired) electrons. The number of hydrogen-bond donors (Lipinski definition) is 2. The summed E-state index contributed by atoms with van der Waals surface area (Å²) >= 11 is 5.05. The number of carbonyl (C=O) groups excluding carboxylic acids is 2. The first-order valence-electron chi connectivity index (χ1n) is 10.6. The Morgan fingerprint density at radius 1 is 1.19 bits per heavy atom. The van der Waals surface area contributed by atoms with Gasteiger partial charge in [-0.05, 0) is 77.4 Å². The van der Waals surface area contributed by atoms with Crippen LogP contribution >= 0.6 is 27.3 Å². The summed E-state index contributed by atoms with van der Waals surface area (Å²) < 4.78 is 1.04. The molecule has 0 saturated heterocycles. The van der Waals surface area contributed by atoms with Crippen LogP contribution in [-0.2, 0) is 6.54 Å². The third kappa shape index (κ3) is 4.32. The van der Waals surface area contributed by atoms with Gasteiger partial charge in [0.05, 0.1) is 14.4 Å². The monoisotopic (exact) mass is 498 g/mol. The van der Waals surface area contributed by atoms with Gasteiger partial charge in [0.2, 0.25) is 0 Å². The zero-order valence-electron chi connectivity index (χ0n) is 16.9. The van der Waals surface area contributed by atoms with Gasteiger partial charge in [0, 0.05) is 24.7 Å². The second kappa shape index (κ2) is 8.59. The summed E-state index contributed by atoms with van der Waals surface area (Å²) in [6, 6.07) is 13.8. The van der Waals surface area contributed by atoms with Crippen LogP contribution in [-0.4, -0.2) is 39.5 Å². The molecule has 2 amide bonds. The highest BCUT2D eigenvalue weighted by Gasteiger charge is 2.31. The lowest BCUT2D eigenvalue weighted by molar-refractivity contribution is 0.0732. The Labute approximate surface area is 193 Å². The van der Waals surface area contributed by atoms with Crippen molar-refractivity contribution < 1.29 is 9.59 Å². The highest BCUT2D eigenvalue weighted by atomic mass is 79.9. The summed E-state index contributed by atoms with van der Waals surface area (Å²) in [4.78, 5) is 28.3. The first kappa shape index (κ1) is 20.5. The molecule has 8 heteroatoms. The van der Waals surface area contributed by atoms with Crippen molar-refractivity contribution in [2.24, 2.45) is 5.92 Å². The fraction of sp³-hybridized carbons (Fsp3) is 0.348. The van der Waals surface area contributed by atoms with Gasteiger partial charge in [-0.3, -0.25) is 14.7 Å². The molecule has 2 aliphatic rings. The van der Waals surface area contributed by atoms with Gasteiger partial charge in [0.1, 0.15) is 0 Å². The molecule has 6 nitrogen and oxygen atoms in total. The number of hydrogen-bond acceptors (Lipinski definition) is 4. The topological polar surface area (TPSA) is 78.1 Å². The van der Waals surface area contributed by atoms with Crippen molar-refractivity contribution in [2.45, 2.75) is 38.3 Å². The standard InChI is InChI=1S/C23H23BrN4O2S/c24-21-10-9-20(31-21)18-11-19(27-26-18)22(29)25-16-7-5-14(6-8-16)12-28-13-15-3-1-2-4-17(15)23(28)30/h1-4,9-11,14,16H,5-8,12-13H2,(H,25,29)(H,26,27). The van der Waals surface area contributed by atoms with E-state index in [0.717, 1.165) is 57.7 Å². The van der Waals surface area contributed by atoms with Crippen LogP contribution in [0.3, 0.4) is 0 Å². The molecule has 5 rings (SSSR count). The summed E-state index contributed by atoms with van der Waals surface area (Å²) in [5.41, 5.74) is 3.24. The number of H-pyrrole nitrogens is 1. The van der Waals surface area contributed by atoms with Crippen molar-refractivity contribution in [3.8, 4) is 10.6 Å². The van der Waals surface area contributed by atoms with E-state index in [1.807, 2.05) is 41.3 Å². The van der Waals surface area contributed by atoms with Crippen molar-refractivity contribution in [3.05, 3.63) is 63.1 Å². The minimum atomic E-state index is -0.133. The highest BCUT2D eigenvalue weighted by Crippen LogP contribution is 2.31. The number of rotatable bonds is 5. The number of fused-ring (bicyclic) bond motifs is 1. The predicted octanol–water partition coefficient (Wildman–Crippen LogP) is 4.85. The van der Waals surface area contributed by atoms with Gasteiger partial charge in [-0.25, -0.2) is 0 Å². The Morgan fingerprint density at radius 2 is 2.00 bits per heavy atom. The molecule has 3 heterocycles. The Morgan fingerprint density at radius 3 is 2.74 bits per heavy atom. The molecule has 1 saturated carbocycles. The van der Waals surface area contributed by atoms with Gasteiger partial charge in [-0.1, -0.05) is 18.2 Å². The van der Waals surface area contributed by atoms with Crippen molar-refractivity contribution in [1.82, 2.24) is 20.4 Å². The van der Waals surface area contributed by atoms with Crippen molar-refractivity contribution in [2.75, 3.05) is 6.54 Å². The summed E-state index contributed by atoms with van der Waals surface area (Å²) in [5, 5.41) is 10.3. The van der Waals surface area contributed by atoms with Gasteiger partial charge >= 0.3 is 0 Å². The summed E-state index contributed by atoms with van der Waals surface area (Å²) in [6.07, 6.45) is 3.89. The van der Waals surface area contributed by atoms with E-state index in [9.17, 15) is 9.59 Å². The largest absolute Gasteiger partial charge is 0.348 e. The van der Waals surface area contributed by atoms with Crippen LogP contribution in [0.15, 0.2) is 46.3 Å². The maximum Gasteiger partial charge on any atom is 0.272 e. The lowest BCUT2D eigenvalue weighted by atomic mass is 9.85. The minimum absolute atomic E-state index is 0.133. The maximum absolute atomic E-state index is 12.6. The predicted molar refractivity (Wildman–Crippen MR) is 124 cm³/mol. The molecule has 1 fully saturated rings. The van der Waals surface area contributed by atoms with Gasteiger partial charge in [0.25, 0.3) is 11.8 Å². The zero-order chi connectivity index (χ0) is 21.4. The third-order valence-corrected chi connectivity index (χ3v) is 7.86. The molecule has 1 aliphatic heterocycles. The SMILES string of the molecule is O=C(NC1CCC(CN2Cc3ccccc3C2=O)CC1)c1cc(-c2ccc(Br)s2)[nH]n1. The quantitative estimate of drug-likeness (QED) is 0.527. The second-order valence-corrected chi connectivity index (χ2v) is 10.8. The van der Waals surface area contributed by atoms with E-state index in [-0.39, 0.29) is 17.9 Å². The molecule has 1 aliphatic carbocycles. The average molecular weight is 499 g/mol. The number of carbonyl (C=O) groups is 2. The summed E-state index contributed by atoms with van der Waals surface area (Å²) in [6.45, 7) is 1.52. The molecule has 0 unspecified atom stereocenters. The molecule has 160 valence electrons. The van der Waals surface area contributed by atoms with Gasteiger partial charge in [-0.2, -0.15) is 5.10 Å².